The lowest BCUT2D eigenvalue weighted by Gasteiger charge is -2.34. The fourth-order valence-corrected chi connectivity index (χ4v) is 3.18. The van der Waals surface area contributed by atoms with E-state index in [1.54, 1.807) is 7.11 Å². The Labute approximate surface area is 133 Å². The number of hydrogen-bond acceptors (Lipinski definition) is 1. The summed E-state index contributed by atoms with van der Waals surface area (Å²) in [5, 5.41) is 0. The van der Waals surface area contributed by atoms with E-state index in [1.807, 2.05) is 12.1 Å². The molecule has 0 aromatic heterocycles. The Morgan fingerprint density at radius 2 is 1.55 bits per heavy atom. The molecule has 0 fully saturated rings. The molecular weight excluding hydrogens is 268 g/mol. The Kier molecular flexibility index (Phi) is 4.15. The minimum Gasteiger partial charge on any atom is -0.497 e. The number of ether oxygens (including phenoxy) is 1. The molecule has 0 bridgehead atoms. The number of benzene rings is 2. The molecule has 0 aliphatic heterocycles. The highest BCUT2D eigenvalue weighted by Crippen LogP contribution is 2.41. The zero-order valence-electron chi connectivity index (χ0n) is 13.3. The Morgan fingerprint density at radius 1 is 0.864 bits per heavy atom. The SMILES string of the molecule is COc1ccc(C(C)(C2=CCCC=C2)c2ccccc2)cc1. The molecule has 2 aromatic rings. The molecule has 112 valence electrons. The van der Waals surface area contributed by atoms with Crippen LogP contribution in [0.1, 0.15) is 30.9 Å². The highest BCUT2D eigenvalue weighted by molar-refractivity contribution is 5.52. The molecule has 1 atom stereocenters. The lowest BCUT2D eigenvalue weighted by molar-refractivity contribution is 0.414. The van der Waals surface area contributed by atoms with Gasteiger partial charge < -0.3 is 4.74 Å². The summed E-state index contributed by atoms with van der Waals surface area (Å²) in [5.41, 5.74) is 3.84. The van der Waals surface area contributed by atoms with E-state index in [9.17, 15) is 0 Å². The molecule has 1 unspecified atom stereocenters. The topological polar surface area (TPSA) is 9.23 Å². The van der Waals surface area contributed by atoms with E-state index in [0.717, 1.165) is 18.6 Å². The largest absolute Gasteiger partial charge is 0.497 e. The van der Waals surface area contributed by atoms with Gasteiger partial charge in [-0.2, -0.15) is 0 Å². The molecular formula is C21H22O. The second kappa shape index (κ2) is 6.23. The summed E-state index contributed by atoms with van der Waals surface area (Å²) in [4.78, 5) is 0. The van der Waals surface area contributed by atoms with Crippen molar-refractivity contribution in [3.8, 4) is 5.75 Å². The zero-order valence-corrected chi connectivity index (χ0v) is 13.3. The van der Waals surface area contributed by atoms with Crippen molar-refractivity contribution in [1.29, 1.82) is 0 Å². The summed E-state index contributed by atoms with van der Waals surface area (Å²) in [5.74, 6) is 0.896. The van der Waals surface area contributed by atoms with E-state index in [-0.39, 0.29) is 5.41 Å². The quantitative estimate of drug-likeness (QED) is 0.744. The number of rotatable bonds is 4. The molecule has 2 aromatic carbocycles. The van der Waals surface area contributed by atoms with Gasteiger partial charge in [0.05, 0.1) is 7.11 Å². The predicted octanol–water partition coefficient (Wildman–Crippen LogP) is 5.28. The third kappa shape index (κ3) is 2.59. The molecule has 1 heteroatoms. The van der Waals surface area contributed by atoms with Crippen molar-refractivity contribution in [2.24, 2.45) is 0 Å². The van der Waals surface area contributed by atoms with Gasteiger partial charge in [0.15, 0.2) is 0 Å². The van der Waals surface area contributed by atoms with Crippen molar-refractivity contribution in [2.45, 2.75) is 25.2 Å². The normalized spacial score (nSPS) is 16.7. The second-order valence-corrected chi connectivity index (χ2v) is 5.86. The van der Waals surface area contributed by atoms with E-state index in [0.29, 0.717) is 0 Å². The monoisotopic (exact) mass is 290 g/mol. The highest BCUT2D eigenvalue weighted by atomic mass is 16.5. The van der Waals surface area contributed by atoms with E-state index in [2.05, 4.69) is 67.6 Å². The van der Waals surface area contributed by atoms with Gasteiger partial charge >= 0.3 is 0 Å². The van der Waals surface area contributed by atoms with Gasteiger partial charge in [0, 0.05) is 5.41 Å². The maximum absolute atomic E-state index is 5.30. The zero-order chi connectivity index (χ0) is 15.4. The van der Waals surface area contributed by atoms with Gasteiger partial charge in [-0.15, -0.1) is 0 Å². The first-order valence-corrected chi connectivity index (χ1v) is 7.82. The first-order chi connectivity index (χ1) is 10.7. The van der Waals surface area contributed by atoms with E-state index < -0.39 is 0 Å². The average molecular weight is 290 g/mol. The lowest BCUT2D eigenvalue weighted by atomic mass is 9.69. The maximum atomic E-state index is 5.30. The smallest absolute Gasteiger partial charge is 0.118 e. The molecule has 1 aliphatic carbocycles. The van der Waals surface area contributed by atoms with Crippen LogP contribution in [0.5, 0.6) is 5.75 Å². The molecule has 0 N–H and O–H groups in total. The van der Waals surface area contributed by atoms with Gasteiger partial charge in [0.2, 0.25) is 0 Å². The maximum Gasteiger partial charge on any atom is 0.118 e. The van der Waals surface area contributed by atoms with E-state index in [4.69, 9.17) is 4.74 Å². The van der Waals surface area contributed by atoms with Crippen LogP contribution >= 0.6 is 0 Å². The van der Waals surface area contributed by atoms with Crippen molar-refractivity contribution in [2.75, 3.05) is 7.11 Å². The van der Waals surface area contributed by atoms with Crippen LogP contribution in [-0.2, 0) is 5.41 Å². The Hall–Kier alpha value is -2.28. The fourth-order valence-electron chi connectivity index (χ4n) is 3.18. The summed E-state index contributed by atoms with van der Waals surface area (Å²) < 4.78 is 5.30. The summed E-state index contributed by atoms with van der Waals surface area (Å²) in [7, 11) is 1.71. The van der Waals surface area contributed by atoms with Gasteiger partial charge in [0.25, 0.3) is 0 Å². The van der Waals surface area contributed by atoms with Gasteiger partial charge in [-0.05, 0) is 48.6 Å². The Bertz CT molecular complexity index is 680. The molecule has 0 heterocycles. The van der Waals surface area contributed by atoms with E-state index in [1.165, 1.54) is 16.7 Å². The number of methoxy groups -OCH3 is 1. The van der Waals surface area contributed by atoms with Crippen LogP contribution < -0.4 is 4.74 Å². The fraction of sp³-hybridized carbons (Fsp3) is 0.238. The van der Waals surface area contributed by atoms with Gasteiger partial charge in [-0.25, -0.2) is 0 Å². The van der Waals surface area contributed by atoms with Crippen molar-refractivity contribution < 1.29 is 4.74 Å². The third-order valence-electron chi connectivity index (χ3n) is 4.59. The van der Waals surface area contributed by atoms with Crippen molar-refractivity contribution in [3.05, 3.63) is 89.5 Å². The Balaban J connectivity index is 2.14. The van der Waals surface area contributed by atoms with Gasteiger partial charge in [-0.3, -0.25) is 0 Å². The predicted molar refractivity (Wildman–Crippen MR) is 92.3 cm³/mol. The molecule has 1 aliphatic rings. The molecule has 0 radical (unpaired) electrons. The second-order valence-electron chi connectivity index (χ2n) is 5.86. The summed E-state index contributed by atoms with van der Waals surface area (Å²) >= 11 is 0. The molecule has 0 spiro atoms. The van der Waals surface area contributed by atoms with Crippen LogP contribution in [-0.4, -0.2) is 7.11 Å². The molecule has 3 rings (SSSR count). The molecule has 0 amide bonds. The average Bonchev–Trinajstić information content (AvgIpc) is 2.62. The number of allylic oxidation sites excluding steroid dienone is 4. The van der Waals surface area contributed by atoms with Crippen LogP contribution in [0.4, 0.5) is 0 Å². The Morgan fingerprint density at radius 3 is 2.14 bits per heavy atom. The van der Waals surface area contributed by atoms with Crippen LogP contribution in [0, 0.1) is 0 Å². The molecule has 1 nitrogen and oxygen atoms in total. The van der Waals surface area contributed by atoms with Crippen LogP contribution in [0.25, 0.3) is 0 Å². The summed E-state index contributed by atoms with van der Waals surface area (Å²) in [6.07, 6.45) is 9.18. The van der Waals surface area contributed by atoms with Crippen LogP contribution in [0.2, 0.25) is 0 Å². The first-order valence-electron chi connectivity index (χ1n) is 7.82. The summed E-state index contributed by atoms with van der Waals surface area (Å²) in [6, 6.07) is 19.2. The van der Waals surface area contributed by atoms with Crippen molar-refractivity contribution in [3.63, 3.8) is 0 Å². The van der Waals surface area contributed by atoms with Crippen molar-refractivity contribution >= 4 is 0 Å². The highest BCUT2D eigenvalue weighted by Gasteiger charge is 2.32. The van der Waals surface area contributed by atoms with Gasteiger partial charge in [0.1, 0.15) is 5.75 Å². The number of hydrogen-bond donors (Lipinski definition) is 0. The van der Waals surface area contributed by atoms with Crippen LogP contribution in [0.15, 0.2) is 78.4 Å². The molecule has 22 heavy (non-hydrogen) atoms. The van der Waals surface area contributed by atoms with Crippen molar-refractivity contribution in [1.82, 2.24) is 0 Å². The van der Waals surface area contributed by atoms with E-state index >= 15 is 0 Å². The van der Waals surface area contributed by atoms with Crippen LogP contribution in [0.3, 0.4) is 0 Å². The minimum absolute atomic E-state index is 0.134. The molecule has 0 saturated carbocycles. The lowest BCUT2D eigenvalue weighted by Crippen LogP contribution is -2.26. The minimum atomic E-state index is -0.134. The first kappa shape index (κ1) is 14.6. The standard InChI is InChI=1S/C21H22O/c1-21(17-9-5-3-6-10-17,18-11-7-4-8-12-18)19-13-15-20(22-2)16-14-19/h3,5-7,9-16H,4,8H2,1-2H3. The van der Waals surface area contributed by atoms with Gasteiger partial charge in [-0.1, -0.05) is 60.7 Å². The molecule has 0 saturated heterocycles. The summed E-state index contributed by atoms with van der Waals surface area (Å²) in [6.45, 7) is 2.31. The third-order valence-corrected chi connectivity index (χ3v) is 4.59.